The fraction of sp³-hybridized carbons (Fsp3) is 0.846. The van der Waals surface area contributed by atoms with Crippen LogP contribution in [0.15, 0.2) is 4.52 Å². The van der Waals surface area contributed by atoms with Gasteiger partial charge in [0.15, 0.2) is 5.82 Å². The van der Waals surface area contributed by atoms with Gasteiger partial charge in [0, 0.05) is 25.6 Å². The minimum Gasteiger partial charge on any atom is -0.340 e. The van der Waals surface area contributed by atoms with Crippen LogP contribution in [-0.2, 0) is 6.54 Å². The Morgan fingerprint density at radius 2 is 2.28 bits per heavy atom. The van der Waals surface area contributed by atoms with Crippen molar-refractivity contribution >= 4 is 0 Å². The van der Waals surface area contributed by atoms with Gasteiger partial charge >= 0.3 is 0 Å². The maximum atomic E-state index is 5.04. The standard InChI is InChI=1S/C13H24N4O/c1-10(2)14-8-12-6-4-5-7-17(12)9-13-15-11(3)18-16-13/h10,12,14H,4-9H2,1-3H3. The Morgan fingerprint density at radius 3 is 2.94 bits per heavy atom. The maximum Gasteiger partial charge on any atom is 0.223 e. The number of nitrogens with one attached hydrogen (secondary N) is 1. The highest BCUT2D eigenvalue weighted by molar-refractivity contribution is 4.88. The lowest BCUT2D eigenvalue weighted by molar-refractivity contribution is 0.131. The zero-order chi connectivity index (χ0) is 13.0. The Bertz CT molecular complexity index is 364. The number of piperidine rings is 1. The van der Waals surface area contributed by atoms with Gasteiger partial charge in [0.05, 0.1) is 6.54 Å². The van der Waals surface area contributed by atoms with Crippen LogP contribution in [0.5, 0.6) is 0 Å². The van der Waals surface area contributed by atoms with E-state index in [2.05, 4.69) is 34.2 Å². The summed E-state index contributed by atoms with van der Waals surface area (Å²) in [4.78, 5) is 6.77. The number of likely N-dealkylation sites (tertiary alicyclic amines) is 1. The monoisotopic (exact) mass is 252 g/mol. The largest absolute Gasteiger partial charge is 0.340 e. The molecule has 1 aromatic heterocycles. The SMILES string of the molecule is Cc1nc(CN2CCCCC2CNC(C)C)no1. The molecular formula is C13H24N4O. The van der Waals surface area contributed by atoms with E-state index in [1.807, 2.05) is 6.92 Å². The van der Waals surface area contributed by atoms with Gasteiger partial charge in [-0.25, -0.2) is 0 Å². The summed E-state index contributed by atoms with van der Waals surface area (Å²) in [6.07, 6.45) is 3.86. The first kappa shape index (κ1) is 13.5. The zero-order valence-electron chi connectivity index (χ0n) is 11.6. The number of aromatic nitrogens is 2. The van der Waals surface area contributed by atoms with Crippen LogP contribution in [0.3, 0.4) is 0 Å². The quantitative estimate of drug-likeness (QED) is 0.865. The molecule has 2 rings (SSSR count). The molecule has 0 spiro atoms. The number of aryl methyl sites for hydroxylation is 1. The summed E-state index contributed by atoms with van der Waals surface area (Å²) in [5.74, 6) is 1.46. The van der Waals surface area contributed by atoms with Crippen molar-refractivity contribution in [3.8, 4) is 0 Å². The molecule has 1 aliphatic rings. The van der Waals surface area contributed by atoms with Gasteiger partial charge in [0.25, 0.3) is 0 Å². The first-order chi connectivity index (χ1) is 8.65. The highest BCUT2D eigenvalue weighted by Gasteiger charge is 2.23. The van der Waals surface area contributed by atoms with Crippen LogP contribution in [0.2, 0.25) is 0 Å². The Kier molecular flexibility index (Phi) is 4.72. The van der Waals surface area contributed by atoms with E-state index < -0.39 is 0 Å². The topological polar surface area (TPSA) is 54.2 Å². The molecule has 1 fully saturated rings. The summed E-state index contributed by atoms with van der Waals surface area (Å²) >= 11 is 0. The summed E-state index contributed by atoms with van der Waals surface area (Å²) in [6.45, 7) is 9.21. The van der Waals surface area contributed by atoms with E-state index in [1.165, 1.54) is 19.3 Å². The highest BCUT2D eigenvalue weighted by Crippen LogP contribution is 2.18. The van der Waals surface area contributed by atoms with Crippen LogP contribution in [0.1, 0.15) is 44.8 Å². The van der Waals surface area contributed by atoms with Gasteiger partial charge in [-0.15, -0.1) is 0 Å². The number of nitrogens with zero attached hydrogens (tertiary/aromatic N) is 3. The van der Waals surface area contributed by atoms with Gasteiger partial charge < -0.3 is 9.84 Å². The second kappa shape index (κ2) is 6.29. The van der Waals surface area contributed by atoms with E-state index in [0.717, 1.165) is 25.5 Å². The highest BCUT2D eigenvalue weighted by atomic mass is 16.5. The molecule has 1 saturated heterocycles. The van der Waals surface area contributed by atoms with Crippen molar-refractivity contribution < 1.29 is 4.52 Å². The Balaban J connectivity index is 1.90. The van der Waals surface area contributed by atoms with E-state index >= 15 is 0 Å². The molecule has 0 saturated carbocycles. The van der Waals surface area contributed by atoms with Gasteiger partial charge in [-0.3, -0.25) is 4.90 Å². The molecule has 0 aromatic carbocycles. The molecule has 1 atom stereocenters. The predicted octanol–water partition coefficient (Wildman–Crippen LogP) is 1.73. The number of hydrogen-bond donors (Lipinski definition) is 1. The summed E-state index contributed by atoms with van der Waals surface area (Å²) in [5.41, 5.74) is 0. The molecule has 5 heteroatoms. The fourth-order valence-electron chi connectivity index (χ4n) is 2.46. The Labute approximate surface area is 109 Å². The minimum absolute atomic E-state index is 0.543. The van der Waals surface area contributed by atoms with Crippen molar-refractivity contribution in [1.82, 2.24) is 20.4 Å². The van der Waals surface area contributed by atoms with Crippen LogP contribution in [0, 0.1) is 6.92 Å². The molecule has 102 valence electrons. The van der Waals surface area contributed by atoms with Gasteiger partial charge in [-0.2, -0.15) is 4.98 Å². The summed E-state index contributed by atoms with van der Waals surface area (Å²) < 4.78 is 5.04. The van der Waals surface area contributed by atoms with Crippen LogP contribution < -0.4 is 5.32 Å². The van der Waals surface area contributed by atoms with Crippen LogP contribution >= 0.6 is 0 Å². The smallest absolute Gasteiger partial charge is 0.223 e. The molecule has 1 aromatic rings. The molecule has 1 unspecified atom stereocenters. The minimum atomic E-state index is 0.543. The third-order valence-corrected chi connectivity index (χ3v) is 3.42. The Hall–Kier alpha value is -0.940. The lowest BCUT2D eigenvalue weighted by Gasteiger charge is -2.35. The normalized spacial score (nSPS) is 21.7. The van der Waals surface area contributed by atoms with Crippen molar-refractivity contribution in [2.75, 3.05) is 13.1 Å². The van der Waals surface area contributed by atoms with Crippen LogP contribution in [0.4, 0.5) is 0 Å². The molecule has 0 amide bonds. The molecule has 5 nitrogen and oxygen atoms in total. The second-order valence-corrected chi connectivity index (χ2v) is 5.41. The van der Waals surface area contributed by atoms with Crippen molar-refractivity contribution in [2.24, 2.45) is 0 Å². The molecule has 1 N–H and O–H groups in total. The van der Waals surface area contributed by atoms with Crippen molar-refractivity contribution in [3.63, 3.8) is 0 Å². The van der Waals surface area contributed by atoms with Crippen molar-refractivity contribution in [3.05, 3.63) is 11.7 Å². The number of hydrogen-bond acceptors (Lipinski definition) is 5. The molecule has 0 aliphatic carbocycles. The summed E-state index contributed by atoms with van der Waals surface area (Å²) in [5, 5.41) is 7.52. The molecule has 18 heavy (non-hydrogen) atoms. The molecule has 2 heterocycles. The predicted molar refractivity (Wildman–Crippen MR) is 70.2 cm³/mol. The zero-order valence-corrected chi connectivity index (χ0v) is 11.6. The lowest BCUT2D eigenvalue weighted by atomic mass is 10.0. The van der Waals surface area contributed by atoms with E-state index in [1.54, 1.807) is 0 Å². The first-order valence-corrected chi connectivity index (χ1v) is 6.92. The third kappa shape index (κ3) is 3.78. The van der Waals surface area contributed by atoms with Gasteiger partial charge in [-0.1, -0.05) is 25.4 Å². The van der Waals surface area contributed by atoms with E-state index in [-0.39, 0.29) is 0 Å². The van der Waals surface area contributed by atoms with E-state index in [4.69, 9.17) is 4.52 Å². The van der Waals surface area contributed by atoms with Crippen molar-refractivity contribution in [2.45, 2.75) is 58.7 Å². The maximum absolute atomic E-state index is 5.04. The second-order valence-electron chi connectivity index (χ2n) is 5.41. The van der Waals surface area contributed by atoms with E-state index in [9.17, 15) is 0 Å². The van der Waals surface area contributed by atoms with Gasteiger partial charge in [-0.05, 0) is 19.4 Å². The molecule has 0 radical (unpaired) electrons. The van der Waals surface area contributed by atoms with Crippen LogP contribution in [0.25, 0.3) is 0 Å². The average Bonchev–Trinajstić information content (AvgIpc) is 2.73. The summed E-state index contributed by atoms with van der Waals surface area (Å²) in [6, 6.07) is 1.14. The number of rotatable bonds is 5. The summed E-state index contributed by atoms with van der Waals surface area (Å²) in [7, 11) is 0. The van der Waals surface area contributed by atoms with E-state index in [0.29, 0.717) is 18.0 Å². The van der Waals surface area contributed by atoms with Crippen molar-refractivity contribution in [1.29, 1.82) is 0 Å². The first-order valence-electron chi connectivity index (χ1n) is 6.92. The fourth-order valence-corrected chi connectivity index (χ4v) is 2.46. The average molecular weight is 252 g/mol. The molecular weight excluding hydrogens is 228 g/mol. The lowest BCUT2D eigenvalue weighted by Crippen LogP contribution is -2.46. The van der Waals surface area contributed by atoms with Gasteiger partial charge in [0.2, 0.25) is 5.89 Å². The molecule has 1 aliphatic heterocycles. The van der Waals surface area contributed by atoms with Crippen LogP contribution in [-0.4, -0.2) is 40.2 Å². The van der Waals surface area contributed by atoms with Gasteiger partial charge in [0.1, 0.15) is 0 Å². The third-order valence-electron chi connectivity index (χ3n) is 3.42. The Morgan fingerprint density at radius 1 is 1.44 bits per heavy atom. The molecule has 0 bridgehead atoms.